The molecule has 1 amide bonds. The van der Waals surface area contributed by atoms with E-state index in [1.54, 1.807) is 0 Å². The first-order valence-corrected chi connectivity index (χ1v) is 8.34. The van der Waals surface area contributed by atoms with Crippen LogP contribution in [0.5, 0.6) is 5.75 Å². The lowest BCUT2D eigenvalue weighted by atomic mass is 9.97. The number of para-hydroxylation sites is 1. The molecule has 1 aromatic rings. The van der Waals surface area contributed by atoms with Gasteiger partial charge in [0.05, 0.1) is 19.3 Å². The minimum Gasteiger partial charge on any atom is -0.494 e. The van der Waals surface area contributed by atoms with Gasteiger partial charge in [-0.2, -0.15) is 0 Å². The highest BCUT2D eigenvalue weighted by Crippen LogP contribution is 2.38. The van der Waals surface area contributed by atoms with Crippen LogP contribution in [0.4, 0.5) is 0 Å². The fourth-order valence-electron chi connectivity index (χ4n) is 3.55. The summed E-state index contributed by atoms with van der Waals surface area (Å²) in [6.45, 7) is 7.45. The number of benzene rings is 1. The molecule has 23 heavy (non-hydrogen) atoms. The Labute approximate surface area is 137 Å². The molecule has 0 bridgehead atoms. The van der Waals surface area contributed by atoms with Crippen molar-refractivity contribution in [3.8, 4) is 5.75 Å². The van der Waals surface area contributed by atoms with Crippen molar-refractivity contribution in [2.24, 2.45) is 0 Å². The second-order valence-electron chi connectivity index (χ2n) is 6.14. The highest BCUT2D eigenvalue weighted by molar-refractivity contribution is 5.97. The first-order valence-electron chi connectivity index (χ1n) is 8.34. The number of nitrogens with zero attached hydrogens (tertiary/aromatic N) is 2. The van der Waals surface area contributed by atoms with Gasteiger partial charge in [-0.25, -0.2) is 0 Å². The van der Waals surface area contributed by atoms with Crippen molar-refractivity contribution in [2.45, 2.75) is 26.3 Å². The number of nitrogens with one attached hydrogen (secondary N) is 1. The first kappa shape index (κ1) is 15.9. The van der Waals surface area contributed by atoms with Crippen LogP contribution < -0.4 is 10.1 Å². The fraction of sp³-hybridized carbons (Fsp3) is 0.500. The molecule has 124 valence electrons. The van der Waals surface area contributed by atoms with Crippen LogP contribution in [0.2, 0.25) is 0 Å². The van der Waals surface area contributed by atoms with Crippen LogP contribution in [-0.4, -0.2) is 49.1 Å². The number of carbonyl (C=O) groups is 1. The number of rotatable bonds is 5. The molecule has 0 saturated heterocycles. The fourth-order valence-corrected chi connectivity index (χ4v) is 3.55. The Hall–Kier alpha value is -2.01. The number of amides is 1. The van der Waals surface area contributed by atoms with E-state index in [9.17, 15) is 4.79 Å². The molecule has 0 spiro atoms. The molecule has 5 heteroatoms. The molecule has 0 aromatic heterocycles. The maximum Gasteiger partial charge on any atom is 0.268 e. The van der Waals surface area contributed by atoms with Crippen molar-refractivity contribution >= 4 is 5.91 Å². The van der Waals surface area contributed by atoms with Crippen molar-refractivity contribution < 1.29 is 9.53 Å². The molecule has 2 heterocycles. The van der Waals surface area contributed by atoms with Gasteiger partial charge in [0.1, 0.15) is 11.4 Å². The van der Waals surface area contributed by atoms with Crippen LogP contribution >= 0.6 is 0 Å². The zero-order valence-corrected chi connectivity index (χ0v) is 14.1. The third-order valence-corrected chi connectivity index (χ3v) is 4.40. The summed E-state index contributed by atoms with van der Waals surface area (Å²) in [6, 6.07) is 7.89. The Bertz CT molecular complexity index is 626. The van der Waals surface area contributed by atoms with Gasteiger partial charge in [-0.3, -0.25) is 9.69 Å². The van der Waals surface area contributed by atoms with E-state index in [-0.39, 0.29) is 11.9 Å². The first-order chi connectivity index (χ1) is 11.2. The SMILES string of the molecule is CCCN1CC2=C(C(=O)NC2c2ccccc2OCC)N(C)C1. The van der Waals surface area contributed by atoms with Crippen molar-refractivity contribution in [2.75, 3.05) is 33.4 Å². The molecule has 3 rings (SSSR count). The number of hydrogen-bond donors (Lipinski definition) is 1. The molecule has 1 N–H and O–H groups in total. The average Bonchev–Trinajstić information content (AvgIpc) is 2.86. The quantitative estimate of drug-likeness (QED) is 0.904. The predicted octanol–water partition coefficient (Wildman–Crippen LogP) is 2.13. The second-order valence-corrected chi connectivity index (χ2v) is 6.14. The van der Waals surface area contributed by atoms with Gasteiger partial charge < -0.3 is 15.0 Å². The van der Waals surface area contributed by atoms with Crippen molar-refractivity contribution in [1.82, 2.24) is 15.1 Å². The highest BCUT2D eigenvalue weighted by atomic mass is 16.5. The van der Waals surface area contributed by atoms with E-state index in [0.29, 0.717) is 6.61 Å². The zero-order valence-electron chi connectivity index (χ0n) is 14.1. The maximum atomic E-state index is 12.5. The largest absolute Gasteiger partial charge is 0.494 e. The van der Waals surface area contributed by atoms with Gasteiger partial charge in [0.25, 0.3) is 5.91 Å². The van der Waals surface area contributed by atoms with E-state index in [1.165, 1.54) is 0 Å². The summed E-state index contributed by atoms with van der Waals surface area (Å²) in [5, 5.41) is 3.14. The molecule has 0 radical (unpaired) electrons. The van der Waals surface area contributed by atoms with Crippen LogP contribution in [0.1, 0.15) is 31.9 Å². The zero-order chi connectivity index (χ0) is 16.4. The number of hydrogen-bond acceptors (Lipinski definition) is 4. The van der Waals surface area contributed by atoms with Gasteiger partial charge in [0.15, 0.2) is 0 Å². The lowest BCUT2D eigenvalue weighted by Gasteiger charge is -2.35. The smallest absolute Gasteiger partial charge is 0.268 e. The van der Waals surface area contributed by atoms with E-state index in [4.69, 9.17) is 4.74 Å². The molecule has 2 aliphatic rings. The molecule has 0 fully saturated rings. The average molecular weight is 315 g/mol. The van der Waals surface area contributed by atoms with E-state index in [2.05, 4.69) is 22.0 Å². The molecule has 1 aromatic carbocycles. The third kappa shape index (κ3) is 2.93. The highest BCUT2D eigenvalue weighted by Gasteiger charge is 2.39. The molecule has 1 unspecified atom stereocenters. The minimum absolute atomic E-state index is 0.0231. The van der Waals surface area contributed by atoms with Gasteiger partial charge in [0, 0.05) is 19.2 Å². The maximum absolute atomic E-state index is 12.5. The van der Waals surface area contributed by atoms with Gasteiger partial charge in [-0.05, 0) is 31.5 Å². The van der Waals surface area contributed by atoms with E-state index in [1.807, 2.05) is 38.2 Å². The number of ether oxygens (including phenoxy) is 1. The Morgan fingerprint density at radius 1 is 1.30 bits per heavy atom. The summed E-state index contributed by atoms with van der Waals surface area (Å²) in [7, 11) is 1.99. The van der Waals surface area contributed by atoms with Gasteiger partial charge in [-0.15, -0.1) is 0 Å². The predicted molar refractivity (Wildman–Crippen MR) is 90.0 cm³/mol. The molecule has 1 atom stereocenters. The monoisotopic (exact) mass is 315 g/mol. The van der Waals surface area contributed by atoms with Crippen LogP contribution in [-0.2, 0) is 4.79 Å². The summed E-state index contributed by atoms with van der Waals surface area (Å²) < 4.78 is 5.76. The Kier molecular flexibility index (Phi) is 4.57. The van der Waals surface area contributed by atoms with Crippen molar-refractivity contribution in [1.29, 1.82) is 0 Å². The van der Waals surface area contributed by atoms with Crippen molar-refractivity contribution in [3.63, 3.8) is 0 Å². The molecule has 0 aliphatic carbocycles. The third-order valence-electron chi connectivity index (χ3n) is 4.40. The topological polar surface area (TPSA) is 44.8 Å². The van der Waals surface area contributed by atoms with Crippen LogP contribution in [0.3, 0.4) is 0 Å². The minimum atomic E-state index is -0.0950. The number of carbonyl (C=O) groups excluding carboxylic acids is 1. The molecule has 2 aliphatic heterocycles. The number of likely N-dealkylation sites (N-methyl/N-ethyl adjacent to an activating group) is 1. The van der Waals surface area contributed by atoms with Gasteiger partial charge in [-0.1, -0.05) is 25.1 Å². The molecule has 5 nitrogen and oxygen atoms in total. The van der Waals surface area contributed by atoms with Crippen LogP contribution in [0.15, 0.2) is 35.5 Å². The Morgan fingerprint density at radius 3 is 2.83 bits per heavy atom. The van der Waals surface area contributed by atoms with Crippen LogP contribution in [0, 0.1) is 0 Å². The van der Waals surface area contributed by atoms with E-state index < -0.39 is 0 Å². The van der Waals surface area contributed by atoms with Crippen molar-refractivity contribution in [3.05, 3.63) is 41.1 Å². The second kappa shape index (κ2) is 6.62. The molecular weight excluding hydrogens is 290 g/mol. The molecule has 0 saturated carbocycles. The lowest BCUT2D eigenvalue weighted by Crippen LogP contribution is -2.43. The van der Waals surface area contributed by atoms with E-state index in [0.717, 1.165) is 48.8 Å². The normalized spacial score (nSPS) is 21.4. The standard InChI is InChI=1S/C18H25N3O2/c1-4-10-21-11-14-16(19-18(22)17(14)20(3)12-21)13-8-6-7-9-15(13)23-5-2/h6-9,16H,4-5,10-12H2,1-3H3,(H,19,22). The summed E-state index contributed by atoms with van der Waals surface area (Å²) >= 11 is 0. The summed E-state index contributed by atoms with van der Waals surface area (Å²) in [5.74, 6) is 0.874. The van der Waals surface area contributed by atoms with Gasteiger partial charge in [0.2, 0.25) is 0 Å². The van der Waals surface area contributed by atoms with Crippen LogP contribution in [0.25, 0.3) is 0 Å². The summed E-state index contributed by atoms with van der Waals surface area (Å²) in [5.41, 5.74) is 3.03. The Balaban J connectivity index is 1.97. The summed E-state index contributed by atoms with van der Waals surface area (Å²) in [4.78, 5) is 16.9. The Morgan fingerprint density at radius 2 is 2.09 bits per heavy atom. The van der Waals surface area contributed by atoms with Gasteiger partial charge >= 0.3 is 0 Å². The van der Waals surface area contributed by atoms with E-state index >= 15 is 0 Å². The molecular formula is C18H25N3O2. The summed E-state index contributed by atoms with van der Waals surface area (Å²) in [6.07, 6.45) is 1.11. The lowest BCUT2D eigenvalue weighted by molar-refractivity contribution is -0.118.